The van der Waals surface area contributed by atoms with E-state index in [1.54, 1.807) is 26.2 Å². The summed E-state index contributed by atoms with van der Waals surface area (Å²) in [5, 5.41) is 1.28. The molecule has 4 aromatic rings. The summed E-state index contributed by atoms with van der Waals surface area (Å²) < 4.78 is 17.0. The van der Waals surface area contributed by atoms with E-state index in [1.807, 2.05) is 18.6 Å². The second-order valence-electron chi connectivity index (χ2n) is 9.55. The second-order valence-corrected chi connectivity index (χ2v) is 9.96. The molecule has 5 rings (SSSR count). The average molecular weight is 522 g/mol. The van der Waals surface area contributed by atoms with Crippen molar-refractivity contribution in [2.24, 2.45) is 0 Å². The highest BCUT2D eigenvalue weighted by atomic mass is 35.5. The Kier molecular flexibility index (Phi) is 7.06. The zero-order chi connectivity index (χ0) is 26.1. The van der Waals surface area contributed by atoms with E-state index >= 15 is 0 Å². The lowest BCUT2D eigenvalue weighted by Gasteiger charge is -2.32. The molecule has 0 radical (unpaired) electrons. The molecule has 8 nitrogen and oxygen atoms in total. The van der Waals surface area contributed by atoms with E-state index < -0.39 is 5.82 Å². The van der Waals surface area contributed by atoms with Gasteiger partial charge in [-0.3, -0.25) is 4.79 Å². The van der Waals surface area contributed by atoms with Crippen molar-refractivity contribution in [3.63, 3.8) is 0 Å². The zero-order valence-electron chi connectivity index (χ0n) is 21.2. The van der Waals surface area contributed by atoms with E-state index in [0.29, 0.717) is 21.8 Å². The number of rotatable bonds is 6. The van der Waals surface area contributed by atoms with E-state index in [1.165, 1.54) is 17.3 Å². The van der Waals surface area contributed by atoms with Crippen molar-refractivity contribution < 1.29 is 9.18 Å². The normalized spacial score (nSPS) is 14.4. The summed E-state index contributed by atoms with van der Waals surface area (Å²) >= 11 is 6.69. The number of nitrogens with zero attached hydrogens (tertiary/aromatic N) is 7. The summed E-state index contributed by atoms with van der Waals surface area (Å²) in [5.74, 6) is 0.0677. The SMILES string of the molecule is CCc1cnc(N2CCC(n3cc(Cl)c4c(Cc5ccc(C(=O)N(C)C)cc5F)ncnc43)CC2)nc1. The topological polar surface area (TPSA) is 80.0 Å². The molecule has 4 heterocycles. The maximum atomic E-state index is 14.9. The van der Waals surface area contributed by atoms with Gasteiger partial charge in [0.25, 0.3) is 5.91 Å². The fourth-order valence-electron chi connectivity index (χ4n) is 4.81. The molecule has 1 aliphatic rings. The molecule has 1 fully saturated rings. The van der Waals surface area contributed by atoms with Gasteiger partial charge in [-0.25, -0.2) is 24.3 Å². The van der Waals surface area contributed by atoms with Crippen LogP contribution in [-0.4, -0.2) is 62.5 Å². The third-order valence-corrected chi connectivity index (χ3v) is 7.23. The smallest absolute Gasteiger partial charge is 0.253 e. The molecule has 0 atom stereocenters. The molecule has 1 saturated heterocycles. The highest BCUT2D eigenvalue weighted by molar-refractivity contribution is 6.35. The lowest BCUT2D eigenvalue weighted by atomic mass is 10.0. The van der Waals surface area contributed by atoms with Gasteiger partial charge in [0.2, 0.25) is 5.95 Å². The number of benzene rings is 1. The van der Waals surface area contributed by atoms with Crippen LogP contribution in [0.15, 0.2) is 43.1 Å². The first-order valence-corrected chi connectivity index (χ1v) is 12.8. The summed E-state index contributed by atoms with van der Waals surface area (Å²) in [6.45, 7) is 3.75. The molecule has 0 bridgehead atoms. The van der Waals surface area contributed by atoms with Gasteiger partial charge in [0.05, 0.1) is 16.1 Å². The van der Waals surface area contributed by atoms with E-state index in [4.69, 9.17) is 11.6 Å². The number of aromatic nitrogens is 5. The lowest BCUT2D eigenvalue weighted by molar-refractivity contribution is 0.0827. The molecular weight excluding hydrogens is 493 g/mol. The number of halogens is 2. The standard InChI is InChI=1S/C27H29ClFN7O/c1-4-17-13-30-27(31-14-17)35-9-7-20(8-10-35)36-15-21(28)24-23(32-16-33-25(24)36)12-18-5-6-19(11-22(18)29)26(37)34(2)3/h5-6,11,13-16,20H,4,7-10,12H2,1-3H3. The third-order valence-electron chi connectivity index (χ3n) is 6.95. The van der Waals surface area contributed by atoms with Crippen molar-refractivity contribution in [2.75, 3.05) is 32.1 Å². The molecule has 1 amide bonds. The molecule has 0 saturated carbocycles. The number of carbonyl (C=O) groups excluding carboxylic acids is 1. The number of hydrogen-bond acceptors (Lipinski definition) is 6. The fourth-order valence-corrected chi connectivity index (χ4v) is 5.11. The van der Waals surface area contributed by atoms with E-state index in [-0.39, 0.29) is 18.4 Å². The Morgan fingerprint density at radius 1 is 1.14 bits per heavy atom. The van der Waals surface area contributed by atoms with Crippen LogP contribution in [0.1, 0.15) is 53.0 Å². The largest absolute Gasteiger partial charge is 0.345 e. The van der Waals surface area contributed by atoms with Crippen LogP contribution in [0.4, 0.5) is 10.3 Å². The second kappa shape index (κ2) is 10.4. The van der Waals surface area contributed by atoms with Crippen molar-refractivity contribution >= 4 is 34.5 Å². The summed E-state index contributed by atoms with van der Waals surface area (Å²) in [4.78, 5) is 33.8. The molecule has 1 aromatic carbocycles. The number of amides is 1. The molecule has 1 aliphatic heterocycles. The minimum atomic E-state index is -0.448. The van der Waals surface area contributed by atoms with Crippen molar-refractivity contribution in [2.45, 2.75) is 38.6 Å². The van der Waals surface area contributed by atoms with Crippen molar-refractivity contribution in [3.05, 3.63) is 76.3 Å². The van der Waals surface area contributed by atoms with Gasteiger partial charge in [-0.2, -0.15) is 0 Å². The molecular formula is C27H29ClFN7O. The first-order valence-electron chi connectivity index (χ1n) is 12.4. The van der Waals surface area contributed by atoms with Gasteiger partial charge >= 0.3 is 0 Å². The van der Waals surface area contributed by atoms with Gasteiger partial charge in [-0.05, 0) is 42.5 Å². The first-order chi connectivity index (χ1) is 17.9. The highest BCUT2D eigenvalue weighted by Crippen LogP contribution is 2.34. The molecule has 10 heteroatoms. The van der Waals surface area contributed by atoms with Crippen molar-refractivity contribution in [1.82, 2.24) is 29.4 Å². The van der Waals surface area contributed by atoms with Gasteiger partial charge in [-0.15, -0.1) is 0 Å². The highest BCUT2D eigenvalue weighted by Gasteiger charge is 2.25. The van der Waals surface area contributed by atoms with Gasteiger partial charge in [0.1, 0.15) is 17.8 Å². The Bertz CT molecular complexity index is 1430. The Hall–Kier alpha value is -3.59. The monoisotopic (exact) mass is 521 g/mol. The van der Waals surface area contributed by atoms with Crippen LogP contribution in [0.25, 0.3) is 11.0 Å². The van der Waals surface area contributed by atoms with Crippen LogP contribution in [0.2, 0.25) is 5.02 Å². The number of fused-ring (bicyclic) bond motifs is 1. The van der Waals surface area contributed by atoms with Crippen LogP contribution in [-0.2, 0) is 12.8 Å². The van der Waals surface area contributed by atoms with Crippen LogP contribution in [0, 0.1) is 5.82 Å². The number of carbonyl (C=O) groups is 1. The molecule has 0 unspecified atom stereocenters. The van der Waals surface area contributed by atoms with Crippen LogP contribution in [0.5, 0.6) is 0 Å². The van der Waals surface area contributed by atoms with E-state index in [0.717, 1.165) is 54.9 Å². The van der Waals surface area contributed by atoms with E-state index in [9.17, 15) is 9.18 Å². The van der Waals surface area contributed by atoms with Crippen LogP contribution in [0.3, 0.4) is 0 Å². The quantitative estimate of drug-likeness (QED) is 0.365. The van der Waals surface area contributed by atoms with Gasteiger partial charge in [-0.1, -0.05) is 24.6 Å². The molecule has 0 aliphatic carbocycles. The predicted molar refractivity (Wildman–Crippen MR) is 142 cm³/mol. The van der Waals surface area contributed by atoms with Gasteiger partial charge in [0.15, 0.2) is 0 Å². The average Bonchev–Trinajstić information content (AvgIpc) is 3.26. The maximum Gasteiger partial charge on any atom is 0.253 e. The minimum Gasteiger partial charge on any atom is -0.345 e. The number of anilines is 1. The fraction of sp³-hybridized carbons (Fsp3) is 0.370. The Labute approximate surface area is 220 Å². The Morgan fingerprint density at radius 3 is 2.51 bits per heavy atom. The molecule has 3 aromatic heterocycles. The summed E-state index contributed by atoms with van der Waals surface area (Å²) in [5.41, 5.74) is 3.28. The number of aryl methyl sites for hydroxylation is 1. The van der Waals surface area contributed by atoms with Crippen molar-refractivity contribution in [3.8, 4) is 0 Å². The molecule has 0 N–H and O–H groups in total. The summed E-state index contributed by atoms with van der Waals surface area (Å²) in [6, 6.07) is 4.77. The lowest BCUT2D eigenvalue weighted by Crippen LogP contribution is -2.35. The molecule has 192 valence electrons. The van der Waals surface area contributed by atoms with Crippen LogP contribution >= 0.6 is 11.6 Å². The number of piperidine rings is 1. The maximum absolute atomic E-state index is 14.9. The zero-order valence-corrected chi connectivity index (χ0v) is 21.9. The summed E-state index contributed by atoms with van der Waals surface area (Å²) in [7, 11) is 3.28. The molecule has 0 spiro atoms. The Morgan fingerprint density at radius 2 is 1.86 bits per heavy atom. The third kappa shape index (κ3) is 5.00. The Balaban J connectivity index is 1.36. The van der Waals surface area contributed by atoms with E-state index in [2.05, 4.69) is 36.3 Å². The van der Waals surface area contributed by atoms with Crippen LogP contribution < -0.4 is 4.90 Å². The van der Waals surface area contributed by atoms with Crippen molar-refractivity contribution in [1.29, 1.82) is 0 Å². The van der Waals surface area contributed by atoms with Gasteiger partial charge in [0, 0.05) is 63.8 Å². The predicted octanol–water partition coefficient (Wildman–Crippen LogP) is 4.71. The number of hydrogen-bond donors (Lipinski definition) is 0. The minimum absolute atomic E-state index is 0.219. The van der Waals surface area contributed by atoms with Gasteiger partial charge < -0.3 is 14.4 Å². The summed E-state index contributed by atoms with van der Waals surface area (Å²) in [6.07, 6.45) is 10.2. The molecule has 37 heavy (non-hydrogen) atoms. The first kappa shape index (κ1) is 25.1.